The van der Waals surface area contributed by atoms with E-state index in [1.165, 1.54) is 24.3 Å². The Morgan fingerprint density at radius 2 is 1.43 bits per heavy atom. The third-order valence-electron chi connectivity index (χ3n) is 8.06. The predicted molar refractivity (Wildman–Crippen MR) is 160 cm³/mol. The molecule has 3 saturated carbocycles. The number of hydrogen-bond acceptors (Lipinski definition) is 7. The molecule has 46 heavy (non-hydrogen) atoms. The Kier molecular flexibility index (Phi) is 11.4. The zero-order valence-corrected chi connectivity index (χ0v) is 26.6. The molecule has 18 heteroatoms. The number of fused-ring (bicyclic) bond motifs is 3. The van der Waals surface area contributed by atoms with Crippen molar-refractivity contribution in [3.63, 3.8) is 0 Å². The van der Waals surface area contributed by atoms with Crippen LogP contribution in [0.25, 0.3) is 0 Å². The predicted octanol–water partition coefficient (Wildman–Crippen LogP) is 4.27. The molecule has 252 valence electrons. The van der Waals surface area contributed by atoms with E-state index in [0.717, 1.165) is 17.0 Å². The van der Waals surface area contributed by atoms with E-state index in [4.69, 9.17) is 42.5 Å². The van der Waals surface area contributed by atoms with Crippen LogP contribution < -0.4 is 20.1 Å². The lowest BCUT2D eigenvalue weighted by Gasteiger charge is -2.59. The fraction of sp³-hybridized carbons (Fsp3) is 0.464. The molecule has 2 aromatic rings. The molecule has 0 aromatic heterocycles. The van der Waals surface area contributed by atoms with Crippen molar-refractivity contribution < 1.29 is 56.6 Å². The van der Waals surface area contributed by atoms with Gasteiger partial charge in [0.25, 0.3) is 11.8 Å². The van der Waals surface area contributed by atoms with Crippen LogP contribution in [0.1, 0.15) is 38.5 Å². The van der Waals surface area contributed by atoms with Crippen molar-refractivity contribution in [2.24, 2.45) is 0 Å². The van der Waals surface area contributed by atoms with Crippen LogP contribution in [-0.4, -0.2) is 81.2 Å². The van der Waals surface area contributed by atoms with E-state index in [0.29, 0.717) is 12.8 Å². The van der Waals surface area contributed by atoms with E-state index >= 15 is 0 Å². The molecule has 3 fully saturated rings. The van der Waals surface area contributed by atoms with Crippen molar-refractivity contribution in [2.45, 2.75) is 55.6 Å². The van der Waals surface area contributed by atoms with E-state index in [9.17, 15) is 32.8 Å². The summed E-state index contributed by atoms with van der Waals surface area (Å²) in [6.07, 6.45) is -0.106. The van der Waals surface area contributed by atoms with E-state index in [-0.39, 0.29) is 53.8 Å². The topological polar surface area (TPSA) is 184 Å². The van der Waals surface area contributed by atoms with E-state index in [1.807, 2.05) is 0 Å². The van der Waals surface area contributed by atoms with Gasteiger partial charge in [-0.1, -0.05) is 23.2 Å². The average Bonchev–Trinajstić information content (AvgIpc) is 2.98. The summed E-state index contributed by atoms with van der Waals surface area (Å²) in [5.41, 5.74) is -1.96. The lowest BCUT2D eigenvalue weighted by atomic mass is 9.58. The summed E-state index contributed by atoms with van der Waals surface area (Å²) >= 11 is 11.4. The van der Waals surface area contributed by atoms with Gasteiger partial charge in [0.2, 0.25) is 0 Å². The van der Waals surface area contributed by atoms with Crippen molar-refractivity contribution in [2.75, 3.05) is 26.4 Å². The van der Waals surface area contributed by atoms with Gasteiger partial charge in [0.1, 0.15) is 23.1 Å². The number of hydrogen-bond donors (Lipinski definition) is 5. The normalized spacial score (nSPS) is 22.2. The summed E-state index contributed by atoms with van der Waals surface area (Å²) < 4.78 is 54.0. The maximum Gasteiger partial charge on any atom is 0.469 e. The summed E-state index contributed by atoms with van der Waals surface area (Å²) in [5.74, 6) is -2.45. The first kappa shape index (κ1) is 35.7. The van der Waals surface area contributed by atoms with Gasteiger partial charge in [-0.2, -0.15) is 0 Å². The minimum absolute atomic E-state index is 0.0564. The van der Waals surface area contributed by atoms with Gasteiger partial charge in [-0.15, -0.1) is 0 Å². The number of rotatable bonds is 14. The van der Waals surface area contributed by atoms with Crippen LogP contribution in [0.4, 0.5) is 13.6 Å². The first-order chi connectivity index (χ1) is 21.6. The molecule has 0 saturated heterocycles. The Morgan fingerprint density at radius 1 is 0.913 bits per heavy atom. The zero-order valence-electron chi connectivity index (χ0n) is 24.2. The van der Waals surface area contributed by atoms with Crippen molar-refractivity contribution in [1.82, 2.24) is 15.5 Å². The summed E-state index contributed by atoms with van der Waals surface area (Å²) in [6.45, 7) is -1.60. The van der Waals surface area contributed by atoms with Crippen LogP contribution in [0.15, 0.2) is 36.4 Å². The van der Waals surface area contributed by atoms with E-state index in [2.05, 4.69) is 15.2 Å². The summed E-state index contributed by atoms with van der Waals surface area (Å²) in [6, 6.07) is 6.52. The highest BCUT2D eigenvalue weighted by Crippen LogP contribution is 2.49. The highest BCUT2D eigenvalue weighted by Gasteiger charge is 2.58. The van der Waals surface area contributed by atoms with Gasteiger partial charge >= 0.3 is 13.9 Å². The van der Waals surface area contributed by atoms with Gasteiger partial charge in [0, 0.05) is 24.2 Å². The highest BCUT2D eigenvalue weighted by molar-refractivity contribution is 7.46. The molecule has 2 bridgehead atoms. The highest BCUT2D eigenvalue weighted by atomic mass is 35.5. The van der Waals surface area contributed by atoms with Gasteiger partial charge in [-0.25, -0.2) is 18.1 Å². The van der Waals surface area contributed by atoms with Crippen molar-refractivity contribution in [3.8, 4) is 11.5 Å². The van der Waals surface area contributed by atoms with Gasteiger partial charge in [-0.3, -0.25) is 14.1 Å². The lowest BCUT2D eigenvalue weighted by molar-refractivity contribution is -0.133. The lowest BCUT2D eigenvalue weighted by Crippen LogP contribution is -2.74. The SMILES string of the molecule is O=C(COc1ccc(Cl)c(F)c1)NC12CCC(NC(=O)COc3ccc(Cl)c(F)c3)(CC1)C(N(CCCOP(=O)(O)O)C(=O)O)C2. The molecule has 0 aliphatic heterocycles. The standard InChI is InChI=1S/C28H32Cl2F2N3O10P/c29-19-4-2-17(12-21(19)31)43-15-24(36)33-27-6-8-28(9-7-27,34-25(37)16-44-18-3-5-20(30)22(32)13-18)23(14-27)35(26(38)39)10-1-11-45-46(40,41)42/h2-5,12-13,23H,1,6-11,14-16H2,(H,33,36)(H,34,37)(H,38,39)(H2,40,41,42). The van der Waals surface area contributed by atoms with Crippen LogP contribution in [0.3, 0.4) is 0 Å². The number of carboxylic acid groups (broad SMARTS) is 1. The number of amides is 3. The zero-order chi connectivity index (χ0) is 33.7. The molecule has 3 aliphatic carbocycles. The minimum atomic E-state index is -4.78. The van der Waals surface area contributed by atoms with Crippen LogP contribution in [-0.2, 0) is 18.7 Å². The Hall–Kier alpha value is -3.20. The second-order valence-corrected chi connectivity index (χ2v) is 13.2. The Morgan fingerprint density at radius 3 is 1.91 bits per heavy atom. The molecule has 3 amide bonds. The van der Waals surface area contributed by atoms with Gasteiger partial charge in [0.05, 0.1) is 28.2 Å². The quantitative estimate of drug-likeness (QED) is 0.140. The largest absolute Gasteiger partial charge is 0.484 e. The second-order valence-electron chi connectivity index (χ2n) is 11.1. The molecular weight excluding hydrogens is 678 g/mol. The number of ether oxygens (including phenoxy) is 2. The third kappa shape index (κ3) is 9.20. The fourth-order valence-electron chi connectivity index (χ4n) is 5.95. The average molecular weight is 710 g/mol. The van der Waals surface area contributed by atoms with Gasteiger partial charge in [0.15, 0.2) is 13.2 Å². The summed E-state index contributed by atoms with van der Waals surface area (Å²) in [4.78, 5) is 57.6. The van der Waals surface area contributed by atoms with Crippen LogP contribution in [0, 0.1) is 11.6 Å². The molecule has 3 aliphatic rings. The first-order valence-corrected chi connectivity index (χ1v) is 16.4. The maximum atomic E-state index is 13.8. The molecule has 5 rings (SSSR count). The molecule has 0 radical (unpaired) electrons. The minimum Gasteiger partial charge on any atom is -0.484 e. The molecule has 1 atom stereocenters. The number of halogens is 4. The number of phosphoric acid groups is 1. The molecule has 5 N–H and O–H groups in total. The van der Waals surface area contributed by atoms with E-state index < -0.39 is 74.3 Å². The number of phosphoric ester groups is 1. The second kappa shape index (κ2) is 14.7. The van der Waals surface area contributed by atoms with Crippen LogP contribution >= 0.6 is 31.0 Å². The van der Waals surface area contributed by atoms with Crippen molar-refractivity contribution in [1.29, 1.82) is 0 Å². The molecular formula is C28H32Cl2F2N3O10P. The number of carbonyl (C=O) groups excluding carboxylic acids is 2. The third-order valence-corrected chi connectivity index (χ3v) is 9.19. The molecule has 13 nitrogen and oxygen atoms in total. The van der Waals surface area contributed by atoms with Crippen molar-refractivity contribution >= 4 is 48.9 Å². The van der Waals surface area contributed by atoms with Gasteiger partial charge < -0.3 is 39.9 Å². The molecule has 1 unspecified atom stereocenters. The first-order valence-electron chi connectivity index (χ1n) is 14.1. The fourth-order valence-corrected chi connectivity index (χ4v) is 6.55. The molecule has 0 spiro atoms. The molecule has 2 aromatic carbocycles. The Labute approximate surface area is 272 Å². The Balaban J connectivity index is 1.48. The number of benzene rings is 2. The van der Waals surface area contributed by atoms with E-state index in [1.54, 1.807) is 0 Å². The summed E-state index contributed by atoms with van der Waals surface area (Å²) in [5, 5.41) is 15.8. The maximum absolute atomic E-state index is 13.8. The number of nitrogens with zero attached hydrogens (tertiary/aromatic N) is 1. The van der Waals surface area contributed by atoms with Crippen LogP contribution in [0.2, 0.25) is 10.0 Å². The number of carbonyl (C=O) groups is 3. The van der Waals surface area contributed by atoms with Crippen molar-refractivity contribution in [3.05, 3.63) is 58.1 Å². The Bertz CT molecular complexity index is 1510. The molecule has 0 heterocycles. The van der Waals surface area contributed by atoms with Gasteiger partial charge in [-0.05, 0) is 62.8 Å². The van der Waals surface area contributed by atoms with Crippen LogP contribution in [0.5, 0.6) is 11.5 Å². The summed E-state index contributed by atoms with van der Waals surface area (Å²) in [7, 11) is -4.78. The number of nitrogens with one attached hydrogen (secondary N) is 2. The smallest absolute Gasteiger partial charge is 0.469 e. The monoisotopic (exact) mass is 709 g/mol.